The first-order valence-electron chi connectivity index (χ1n) is 3.56. The van der Waals surface area contributed by atoms with E-state index in [1.54, 1.807) is 0 Å². The number of nitrogens with zero attached hydrogens (tertiary/aromatic N) is 1. The number of rotatable bonds is 2. The van der Waals surface area contributed by atoms with Crippen molar-refractivity contribution in [3.05, 3.63) is 34.6 Å². The second kappa shape index (κ2) is 3.26. The van der Waals surface area contributed by atoms with Gasteiger partial charge in [0.1, 0.15) is 0 Å². The van der Waals surface area contributed by atoms with Gasteiger partial charge >= 0.3 is 0 Å². The Kier molecular flexibility index (Phi) is 2.55. The summed E-state index contributed by atoms with van der Waals surface area (Å²) < 4.78 is 3.13. The van der Waals surface area contributed by atoms with Crippen molar-refractivity contribution in [1.29, 1.82) is 0 Å². The monoisotopic (exact) mass is 213 g/mol. The molecular formula is C9H12BrN. The third kappa shape index (κ3) is 2.22. The van der Waals surface area contributed by atoms with Crippen molar-refractivity contribution < 1.29 is 0 Å². The first-order chi connectivity index (χ1) is 5.09. The van der Waals surface area contributed by atoms with Gasteiger partial charge in [-0.25, -0.2) is 0 Å². The maximum atomic E-state index is 3.79. The average molecular weight is 214 g/mol. The maximum Gasteiger partial charge on any atom is 0.0530 e. The molecule has 1 aromatic rings. The molecule has 0 aliphatic heterocycles. The molecule has 0 aromatic carbocycles. The van der Waals surface area contributed by atoms with Crippen molar-refractivity contribution in [3.63, 3.8) is 0 Å². The van der Waals surface area contributed by atoms with E-state index in [9.17, 15) is 0 Å². The number of aryl methyl sites for hydroxylation is 2. The van der Waals surface area contributed by atoms with Gasteiger partial charge in [-0.15, -0.1) is 0 Å². The largest absolute Gasteiger partial charge is 0.349 e. The average Bonchev–Trinajstić information content (AvgIpc) is 2.10. The fourth-order valence-electron chi connectivity index (χ4n) is 1.03. The molecule has 0 bridgehead atoms. The van der Waals surface area contributed by atoms with Gasteiger partial charge in [0.25, 0.3) is 0 Å². The molecule has 0 saturated carbocycles. The second-order valence-corrected chi connectivity index (χ2v) is 3.94. The van der Waals surface area contributed by atoms with Crippen LogP contribution in [0, 0.1) is 13.8 Å². The zero-order chi connectivity index (χ0) is 8.43. The van der Waals surface area contributed by atoms with Crippen LogP contribution in [0.1, 0.15) is 11.1 Å². The van der Waals surface area contributed by atoms with Gasteiger partial charge in [0.15, 0.2) is 0 Å². The number of allylic oxidation sites excluding steroid dienone is 1. The molecule has 0 saturated heterocycles. The van der Waals surface area contributed by atoms with E-state index in [1.807, 2.05) is 0 Å². The molecule has 0 N–H and O–H groups in total. The number of halogens is 1. The third-order valence-corrected chi connectivity index (χ3v) is 1.95. The van der Waals surface area contributed by atoms with Crippen LogP contribution in [0.4, 0.5) is 0 Å². The lowest BCUT2D eigenvalue weighted by molar-refractivity contribution is 0.822. The van der Waals surface area contributed by atoms with Crippen molar-refractivity contribution in [2.24, 2.45) is 0 Å². The van der Waals surface area contributed by atoms with E-state index in [0.29, 0.717) is 0 Å². The molecule has 11 heavy (non-hydrogen) atoms. The molecule has 1 aromatic heterocycles. The Morgan fingerprint density at radius 1 is 1.45 bits per heavy atom. The summed E-state index contributed by atoms with van der Waals surface area (Å²) in [6, 6.07) is 0. The van der Waals surface area contributed by atoms with Gasteiger partial charge < -0.3 is 4.57 Å². The topological polar surface area (TPSA) is 4.93 Å². The van der Waals surface area contributed by atoms with E-state index >= 15 is 0 Å². The van der Waals surface area contributed by atoms with Crippen molar-refractivity contribution in [2.45, 2.75) is 20.4 Å². The van der Waals surface area contributed by atoms with Crippen LogP contribution in [0.5, 0.6) is 0 Å². The summed E-state index contributed by atoms with van der Waals surface area (Å²) in [6.45, 7) is 8.87. The van der Waals surface area contributed by atoms with E-state index in [1.165, 1.54) is 11.1 Å². The molecule has 0 aliphatic carbocycles. The standard InChI is InChI=1S/C9H12BrN/c1-7-4-11(5-8(7)2)6-9(3)10/h4-5H,3,6H2,1-2H3. The van der Waals surface area contributed by atoms with Gasteiger partial charge in [-0.1, -0.05) is 22.5 Å². The minimum atomic E-state index is 0.856. The highest BCUT2D eigenvalue weighted by atomic mass is 79.9. The lowest BCUT2D eigenvalue weighted by Gasteiger charge is -1.98. The van der Waals surface area contributed by atoms with Crippen LogP contribution >= 0.6 is 15.9 Å². The normalized spacial score (nSPS) is 10.1. The van der Waals surface area contributed by atoms with Crippen molar-refractivity contribution in [1.82, 2.24) is 4.57 Å². The minimum absolute atomic E-state index is 0.856. The molecule has 60 valence electrons. The van der Waals surface area contributed by atoms with Gasteiger partial charge in [-0.3, -0.25) is 0 Å². The van der Waals surface area contributed by atoms with Crippen LogP contribution in [0.2, 0.25) is 0 Å². The molecule has 1 rings (SSSR count). The minimum Gasteiger partial charge on any atom is -0.349 e. The predicted octanol–water partition coefficient (Wildman–Crippen LogP) is 3.01. The zero-order valence-electron chi connectivity index (χ0n) is 6.89. The molecule has 0 atom stereocenters. The SMILES string of the molecule is C=C(Br)Cn1cc(C)c(C)c1. The van der Waals surface area contributed by atoms with Gasteiger partial charge in [0.2, 0.25) is 0 Å². The molecule has 1 nitrogen and oxygen atoms in total. The summed E-state index contributed by atoms with van der Waals surface area (Å²) in [5.41, 5.74) is 2.66. The highest BCUT2D eigenvalue weighted by Gasteiger charge is 1.97. The fourth-order valence-corrected chi connectivity index (χ4v) is 1.32. The summed E-state index contributed by atoms with van der Waals surface area (Å²) in [5.74, 6) is 0. The lowest BCUT2D eigenvalue weighted by atomic mass is 10.2. The number of hydrogen-bond acceptors (Lipinski definition) is 0. The Balaban J connectivity index is 2.81. The summed E-state index contributed by atoms with van der Waals surface area (Å²) in [6.07, 6.45) is 4.25. The van der Waals surface area contributed by atoms with Crippen LogP contribution < -0.4 is 0 Å². The van der Waals surface area contributed by atoms with Crippen LogP contribution in [-0.2, 0) is 6.54 Å². The van der Waals surface area contributed by atoms with Gasteiger partial charge in [0.05, 0.1) is 6.54 Å². The fraction of sp³-hybridized carbons (Fsp3) is 0.333. The van der Waals surface area contributed by atoms with Crippen LogP contribution in [0.25, 0.3) is 0 Å². The van der Waals surface area contributed by atoms with E-state index in [4.69, 9.17) is 0 Å². The maximum absolute atomic E-state index is 3.79. The molecule has 1 heterocycles. The summed E-state index contributed by atoms with van der Waals surface area (Å²) in [4.78, 5) is 0. The molecule has 0 amide bonds. The molecule has 0 spiro atoms. The Morgan fingerprint density at radius 2 is 1.91 bits per heavy atom. The molecule has 0 fully saturated rings. The second-order valence-electron chi connectivity index (χ2n) is 2.81. The highest BCUT2D eigenvalue weighted by Crippen LogP contribution is 2.11. The van der Waals surface area contributed by atoms with E-state index in [2.05, 4.69) is 53.3 Å². The summed E-state index contributed by atoms with van der Waals surface area (Å²) in [5, 5.41) is 0. The van der Waals surface area contributed by atoms with E-state index in [-0.39, 0.29) is 0 Å². The Bertz CT molecular complexity index is 254. The van der Waals surface area contributed by atoms with Crippen molar-refractivity contribution in [2.75, 3.05) is 0 Å². The van der Waals surface area contributed by atoms with Crippen LogP contribution in [0.15, 0.2) is 23.5 Å². The van der Waals surface area contributed by atoms with Crippen LogP contribution in [0.3, 0.4) is 0 Å². The molecular weight excluding hydrogens is 202 g/mol. The van der Waals surface area contributed by atoms with E-state index < -0.39 is 0 Å². The van der Waals surface area contributed by atoms with E-state index in [0.717, 1.165) is 11.0 Å². The van der Waals surface area contributed by atoms with Gasteiger partial charge in [-0.05, 0) is 25.0 Å². The number of aromatic nitrogens is 1. The molecule has 2 heteroatoms. The predicted molar refractivity (Wildman–Crippen MR) is 52.0 cm³/mol. The zero-order valence-corrected chi connectivity index (χ0v) is 8.48. The first kappa shape index (κ1) is 8.60. The van der Waals surface area contributed by atoms with Crippen molar-refractivity contribution >= 4 is 15.9 Å². The first-order valence-corrected chi connectivity index (χ1v) is 4.35. The summed E-state index contributed by atoms with van der Waals surface area (Å²) in [7, 11) is 0. The van der Waals surface area contributed by atoms with Gasteiger partial charge in [-0.2, -0.15) is 0 Å². The molecule has 0 unspecified atom stereocenters. The van der Waals surface area contributed by atoms with Gasteiger partial charge in [0, 0.05) is 16.9 Å². The number of hydrogen-bond donors (Lipinski definition) is 0. The molecule has 0 radical (unpaired) electrons. The molecule has 0 aliphatic rings. The van der Waals surface area contributed by atoms with Crippen molar-refractivity contribution in [3.8, 4) is 0 Å². The summed E-state index contributed by atoms with van der Waals surface area (Å²) >= 11 is 3.33. The smallest absolute Gasteiger partial charge is 0.0530 e. The third-order valence-electron chi connectivity index (χ3n) is 1.70. The quantitative estimate of drug-likeness (QED) is 0.713. The highest BCUT2D eigenvalue weighted by molar-refractivity contribution is 9.11. The Labute approximate surface area is 75.9 Å². The Morgan fingerprint density at radius 3 is 2.27 bits per heavy atom. The van der Waals surface area contributed by atoms with Crippen LogP contribution in [-0.4, -0.2) is 4.57 Å². The lowest BCUT2D eigenvalue weighted by Crippen LogP contribution is -1.91. The Hall–Kier alpha value is -0.500.